The highest BCUT2D eigenvalue weighted by molar-refractivity contribution is 9.11. The van der Waals surface area contributed by atoms with Crippen molar-refractivity contribution in [1.29, 1.82) is 0 Å². The van der Waals surface area contributed by atoms with Crippen LogP contribution in [0.3, 0.4) is 0 Å². The molecule has 0 radical (unpaired) electrons. The second-order valence-electron chi connectivity index (χ2n) is 4.28. The van der Waals surface area contributed by atoms with Crippen molar-refractivity contribution in [1.82, 2.24) is 5.32 Å². The third-order valence-corrected chi connectivity index (χ3v) is 6.65. The Labute approximate surface area is 145 Å². The summed E-state index contributed by atoms with van der Waals surface area (Å²) in [6.45, 7) is 3.53. The Morgan fingerprint density at radius 3 is 2.67 bits per heavy atom. The molecule has 0 aliphatic rings. The third-order valence-electron chi connectivity index (χ3n) is 2.65. The number of rotatable bonds is 6. The van der Waals surface area contributed by atoms with Crippen LogP contribution in [0, 0.1) is 0 Å². The number of halogens is 2. The highest BCUT2D eigenvalue weighted by atomic mass is 79.9. The summed E-state index contributed by atoms with van der Waals surface area (Å²) in [4.78, 5) is 0. The fraction of sp³-hybridized carbons (Fsp3) is 0.231. The Balaban J connectivity index is 2.19. The number of thiophene rings is 1. The molecule has 0 amide bonds. The number of anilines is 1. The van der Waals surface area contributed by atoms with Crippen LogP contribution < -0.4 is 10.0 Å². The molecular formula is C13H14Br2N2O2S2. The van der Waals surface area contributed by atoms with Gasteiger partial charge in [-0.1, -0.05) is 22.9 Å². The van der Waals surface area contributed by atoms with Gasteiger partial charge in [-0.3, -0.25) is 4.72 Å². The number of sulfonamides is 1. The molecule has 0 aliphatic heterocycles. The lowest BCUT2D eigenvalue weighted by Crippen LogP contribution is -2.13. The summed E-state index contributed by atoms with van der Waals surface area (Å²) in [7, 11) is -3.56. The smallest absolute Gasteiger partial charge is 0.271 e. The molecule has 114 valence electrons. The lowest BCUT2D eigenvalue weighted by Gasteiger charge is -2.08. The molecule has 2 rings (SSSR count). The molecule has 1 aromatic carbocycles. The SMILES string of the molecule is CCNCc1csc(S(=O)(=O)Nc2ccc(Br)cc2Br)c1. The van der Waals surface area contributed by atoms with E-state index < -0.39 is 10.0 Å². The molecule has 1 aromatic heterocycles. The van der Waals surface area contributed by atoms with E-state index in [0.29, 0.717) is 20.9 Å². The van der Waals surface area contributed by atoms with E-state index in [0.717, 1.165) is 16.6 Å². The Bertz CT molecular complexity index is 730. The van der Waals surface area contributed by atoms with Crippen molar-refractivity contribution in [2.45, 2.75) is 17.7 Å². The minimum Gasteiger partial charge on any atom is -0.313 e. The van der Waals surface area contributed by atoms with E-state index in [2.05, 4.69) is 41.9 Å². The zero-order chi connectivity index (χ0) is 15.5. The molecule has 2 N–H and O–H groups in total. The van der Waals surface area contributed by atoms with Gasteiger partial charge >= 0.3 is 0 Å². The largest absolute Gasteiger partial charge is 0.313 e. The van der Waals surface area contributed by atoms with E-state index >= 15 is 0 Å². The number of nitrogens with one attached hydrogen (secondary N) is 2. The summed E-state index contributed by atoms with van der Waals surface area (Å²) < 4.78 is 29.2. The van der Waals surface area contributed by atoms with E-state index in [9.17, 15) is 8.42 Å². The summed E-state index contributed by atoms with van der Waals surface area (Å²) in [5.74, 6) is 0. The monoisotopic (exact) mass is 452 g/mol. The molecule has 1 heterocycles. The van der Waals surface area contributed by atoms with Gasteiger partial charge in [-0.2, -0.15) is 0 Å². The van der Waals surface area contributed by atoms with Gasteiger partial charge in [0, 0.05) is 15.5 Å². The van der Waals surface area contributed by atoms with Gasteiger partial charge in [0.25, 0.3) is 10.0 Å². The average molecular weight is 454 g/mol. The van der Waals surface area contributed by atoms with Crippen LogP contribution in [0.1, 0.15) is 12.5 Å². The normalized spacial score (nSPS) is 11.6. The molecule has 0 saturated heterocycles. The van der Waals surface area contributed by atoms with Crippen molar-refractivity contribution in [3.8, 4) is 0 Å². The summed E-state index contributed by atoms with van der Waals surface area (Å²) >= 11 is 7.90. The number of benzene rings is 1. The maximum absolute atomic E-state index is 12.4. The predicted molar refractivity (Wildman–Crippen MR) is 94.4 cm³/mol. The molecule has 0 atom stereocenters. The van der Waals surface area contributed by atoms with Gasteiger partial charge < -0.3 is 5.32 Å². The summed E-state index contributed by atoms with van der Waals surface area (Å²) in [5.41, 5.74) is 1.48. The quantitative estimate of drug-likeness (QED) is 0.689. The molecule has 0 bridgehead atoms. The van der Waals surface area contributed by atoms with Gasteiger partial charge in [0.05, 0.1) is 5.69 Å². The molecule has 21 heavy (non-hydrogen) atoms. The molecular weight excluding hydrogens is 440 g/mol. The molecule has 0 saturated carbocycles. The van der Waals surface area contributed by atoms with Crippen LogP contribution in [0.15, 0.2) is 42.8 Å². The van der Waals surface area contributed by atoms with Crippen molar-refractivity contribution in [2.75, 3.05) is 11.3 Å². The van der Waals surface area contributed by atoms with Crippen LogP contribution >= 0.6 is 43.2 Å². The topological polar surface area (TPSA) is 58.2 Å². The summed E-state index contributed by atoms with van der Waals surface area (Å²) in [6.07, 6.45) is 0. The van der Waals surface area contributed by atoms with E-state index in [1.54, 1.807) is 24.3 Å². The Morgan fingerprint density at radius 2 is 2.00 bits per heavy atom. The van der Waals surface area contributed by atoms with Crippen molar-refractivity contribution in [3.63, 3.8) is 0 Å². The molecule has 0 fully saturated rings. The predicted octanol–water partition coefficient (Wildman–Crippen LogP) is 4.18. The van der Waals surface area contributed by atoms with Crippen molar-refractivity contribution >= 4 is 58.9 Å². The van der Waals surface area contributed by atoms with Crippen LogP contribution in [0.5, 0.6) is 0 Å². The summed E-state index contributed by atoms with van der Waals surface area (Å²) in [5, 5.41) is 5.03. The van der Waals surface area contributed by atoms with E-state index in [1.807, 2.05) is 12.3 Å². The number of hydrogen-bond donors (Lipinski definition) is 2. The Morgan fingerprint density at radius 1 is 1.24 bits per heavy atom. The van der Waals surface area contributed by atoms with Crippen LogP contribution in [-0.4, -0.2) is 15.0 Å². The Kier molecular flexibility index (Phi) is 5.84. The van der Waals surface area contributed by atoms with Crippen molar-refractivity contribution in [3.05, 3.63) is 44.2 Å². The van der Waals surface area contributed by atoms with Crippen LogP contribution in [0.25, 0.3) is 0 Å². The zero-order valence-electron chi connectivity index (χ0n) is 11.2. The highest BCUT2D eigenvalue weighted by Crippen LogP contribution is 2.29. The zero-order valence-corrected chi connectivity index (χ0v) is 16.0. The second kappa shape index (κ2) is 7.23. The Hall–Kier alpha value is -0.410. The first-order valence-corrected chi connectivity index (χ1v) is 10.1. The maximum Gasteiger partial charge on any atom is 0.271 e. The molecule has 4 nitrogen and oxygen atoms in total. The summed E-state index contributed by atoms with van der Waals surface area (Å²) in [6, 6.07) is 6.98. The third kappa shape index (κ3) is 4.53. The number of hydrogen-bond acceptors (Lipinski definition) is 4. The standard InChI is InChI=1S/C13H14Br2N2O2S2/c1-2-16-7-9-5-13(20-8-9)21(18,19)17-12-4-3-10(14)6-11(12)15/h3-6,8,16-17H,2,7H2,1H3. The first-order chi connectivity index (χ1) is 9.92. The first-order valence-electron chi connectivity index (χ1n) is 6.18. The second-order valence-corrected chi connectivity index (χ2v) is 8.87. The van der Waals surface area contributed by atoms with Gasteiger partial charge in [0.2, 0.25) is 0 Å². The highest BCUT2D eigenvalue weighted by Gasteiger charge is 2.18. The van der Waals surface area contributed by atoms with Crippen LogP contribution in [-0.2, 0) is 16.6 Å². The minimum atomic E-state index is -3.56. The minimum absolute atomic E-state index is 0.310. The maximum atomic E-state index is 12.4. The van der Waals surface area contributed by atoms with Gasteiger partial charge in [-0.25, -0.2) is 8.42 Å². The van der Waals surface area contributed by atoms with E-state index in [-0.39, 0.29) is 0 Å². The van der Waals surface area contributed by atoms with Crippen LogP contribution in [0.2, 0.25) is 0 Å². The fourth-order valence-corrected chi connectivity index (χ4v) is 5.19. The molecule has 8 heteroatoms. The molecule has 2 aromatic rings. The molecule has 0 aliphatic carbocycles. The fourth-order valence-electron chi connectivity index (χ4n) is 1.62. The molecule has 0 unspecified atom stereocenters. The lowest BCUT2D eigenvalue weighted by atomic mass is 10.3. The average Bonchev–Trinajstić information content (AvgIpc) is 2.89. The van der Waals surface area contributed by atoms with Crippen molar-refractivity contribution < 1.29 is 8.42 Å². The van der Waals surface area contributed by atoms with Gasteiger partial charge in [-0.15, -0.1) is 11.3 Å². The van der Waals surface area contributed by atoms with E-state index in [1.165, 1.54) is 11.3 Å². The van der Waals surface area contributed by atoms with Crippen molar-refractivity contribution in [2.24, 2.45) is 0 Å². The molecule has 0 spiro atoms. The first kappa shape index (κ1) is 17.0. The van der Waals surface area contributed by atoms with Gasteiger partial charge in [0.15, 0.2) is 0 Å². The van der Waals surface area contributed by atoms with Gasteiger partial charge in [-0.05, 0) is 57.7 Å². The van der Waals surface area contributed by atoms with Crippen LogP contribution in [0.4, 0.5) is 5.69 Å². The van der Waals surface area contributed by atoms with Gasteiger partial charge in [0.1, 0.15) is 4.21 Å². The lowest BCUT2D eigenvalue weighted by molar-refractivity contribution is 0.603. The van der Waals surface area contributed by atoms with E-state index in [4.69, 9.17) is 0 Å².